The zero-order valence-electron chi connectivity index (χ0n) is 12.8. The van der Waals surface area contributed by atoms with Crippen LogP contribution < -0.4 is 0 Å². The summed E-state index contributed by atoms with van der Waals surface area (Å²) < 4.78 is 6.27. The van der Waals surface area contributed by atoms with Crippen molar-refractivity contribution < 1.29 is 4.74 Å². The molecule has 3 aromatic rings. The van der Waals surface area contributed by atoms with Crippen molar-refractivity contribution >= 4 is 10.9 Å². The Morgan fingerprint density at radius 3 is 2.70 bits per heavy atom. The number of benzene rings is 2. The maximum absolute atomic E-state index is 6.27. The zero-order chi connectivity index (χ0) is 15.4. The van der Waals surface area contributed by atoms with Gasteiger partial charge in [-0.25, -0.2) is 0 Å². The van der Waals surface area contributed by atoms with Gasteiger partial charge in [0.25, 0.3) is 0 Å². The second kappa shape index (κ2) is 4.82. The van der Waals surface area contributed by atoms with Crippen LogP contribution in [0.5, 0.6) is 0 Å². The predicted molar refractivity (Wildman–Crippen MR) is 91.1 cm³/mol. The van der Waals surface area contributed by atoms with Crippen LogP contribution in [-0.2, 0) is 4.74 Å². The number of ether oxygens (including phenoxy) is 1. The molecule has 1 fully saturated rings. The first kappa shape index (κ1) is 13.1. The van der Waals surface area contributed by atoms with Gasteiger partial charge in [-0.1, -0.05) is 55.1 Å². The van der Waals surface area contributed by atoms with Crippen LogP contribution >= 0.6 is 0 Å². The topological polar surface area (TPSA) is 28.3 Å². The second-order valence-corrected chi connectivity index (χ2v) is 6.26. The molecule has 0 aliphatic carbocycles. The van der Waals surface area contributed by atoms with Crippen LogP contribution in [0.15, 0.2) is 67.3 Å². The fourth-order valence-corrected chi connectivity index (χ4v) is 4.09. The molecule has 1 N–H and O–H groups in total. The van der Waals surface area contributed by atoms with Crippen molar-refractivity contribution in [1.82, 2.24) is 9.88 Å². The van der Waals surface area contributed by atoms with Gasteiger partial charge in [-0.3, -0.25) is 4.90 Å². The Bertz CT molecular complexity index is 883. The highest BCUT2D eigenvalue weighted by Gasteiger charge is 2.45. The molecule has 4 unspecified atom stereocenters. The fraction of sp³-hybridized carbons (Fsp3) is 0.200. The van der Waals surface area contributed by atoms with E-state index in [2.05, 4.69) is 71.1 Å². The number of hydrogen-bond donors (Lipinski definition) is 1. The summed E-state index contributed by atoms with van der Waals surface area (Å²) in [5, 5.41) is 1.28. The van der Waals surface area contributed by atoms with E-state index in [4.69, 9.17) is 4.74 Å². The number of nitrogens with one attached hydrogen (secondary N) is 1. The Balaban J connectivity index is 1.78. The first-order valence-electron chi connectivity index (χ1n) is 8.06. The highest BCUT2D eigenvalue weighted by atomic mass is 16.5. The van der Waals surface area contributed by atoms with E-state index in [1.165, 1.54) is 27.7 Å². The van der Waals surface area contributed by atoms with E-state index in [1.54, 1.807) is 0 Å². The van der Waals surface area contributed by atoms with Crippen LogP contribution in [0.4, 0.5) is 0 Å². The molecular formula is C20H18N2O. The smallest absolute Gasteiger partial charge is 0.131 e. The lowest BCUT2D eigenvalue weighted by Crippen LogP contribution is -2.36. The Kier molecular flexibility index (Phi) is 2.75. The molecule has 2 aliphatic rings. The van der Waals surface area contributed by atoms with Crippen LogP contribution in [0.2, 0.25) is 0 Å². The summed E-state index contributed by atoms with van der Waals surface area (Å²) in [6.45, 7) is 4.87. The summed E-state index contributed by atoms with van der Waals surface area (Å²) in [4.78, 5) is 6.05. The van der Waals surface area contributed by atoms with Crippen molar-refractivity contribution in [2.75, 3.05) is 6.54 Å². The van der Waals surface area contributed by atoms with Crippen LogP contribution in [0.3, 0.4) is 0 Å². The summed E-state index contributed by atoms with van der Waals surface area (Å²) in [5.74, 6) is 0. The number of H-pyrrole nitrogens is 1. The van der Waals surface area contributed by atoms with Crippen LogP contribution in [0, 0.1) is 0 Å². The number of rotatable bonds is 2. The first-order valence-corrected chi connectivity index (χ1v) is 8.06. The second-order valence-electron chi connectivity index (χ2n) is 6.26. The Morgan fingerprint density at radius 2 is 1.87 bits per heavy atom. The van der Waals surface area contributed by atoms with Crippen molar-refractivity contribution in [3.05, 3.63) is 84.1 Å². The molecule has 114 valence electrons. The number of nitrogens with zero attached hydrogens (tertiary/aromatic N) is 1. The third-order valence-electron chi connectivity index (χ3n) is 5.03. The minimum Gasteiger partial charge on any atom is -0.356 e. The molecule has 3 heterocycles. The lowest BCUT2D eigenvalue weighted by molar-refractivity contribution is 0.0341. The van der Waals surface area contributed by atoms with Gasteiger partial charge in [0.15, 0.2) is 0 Å². The monoisotopic (exact) mass is 302 g/mol. The van der Waals surface area contributed by atoms with E-state index in [-0.39, 0.29) is 18.4 Å². The van der Waals surface area contributed by atoms with Crippen LogP contribution in [0.25, 0.3) is 10.9 Å². The van der Waals surface area contributed by atoms with Gasteiger partial charge in [0, 0.05) is 28.7 Å². The van der Waals surface area contributed by atoms with Gasteiger partial charge >= 0.3 is 0 Å². The summed E-state index contributed by atoms with van der Waals surface area (Å²) in [6.07, 6.45) is 1.98. The maximum Gasteiger partial charge on any atom is 0.131 e. The van der Waals surface area contributed by atoms with Crippen molar-refractivity contribution in [1.29, 1.82) is 0 Å². The van der Waals surface area contributed by atoms with Crippen molar-refractivity contribution in [3.63, 3.8) is 0 Å². The number of aromatic nitrogens is 1. The quantitative estimate of drug-likeness (QED) is 0.720. The van der Waals surface area contributed by atoms with Gasteiger partial charge in [0.05, 0.1) is 6.04 Å². The number of aromatic amines is 1. The van der Waals surface area contributed by atoms with E-state index in [9.17, 15) is 0 Å². The highest BCUT2D eigenvalue weighted by Crippen LogP contribution is 2.48. The summed E-state index contributed by atoms with van der Waals surface area (Å²) >= 11 is 0. The molecule has 0 saturated carbocycles. The zero-order valence-corrected chi connectivity index (χ0v) is 12.8. The minimum atomic E-state index is -0.0373. The maximum atomic E-state index is 6.27. The molecule has 3 nitrogen and oxygen atoms in total. The Hall–Kier alpha value is -2.36. The molecule has 3 heteroatoms. The Labute approximate surface area is 135 Å². The molecule has 1 saturated heterocycles. The molecule has 4 atom stereocenters. The number of hydrogen-bond acceptors (Lipinski definition) is 2. The molecule has 0 amide bonds. The summed E-state index contributed by atoms with van der Waals surface area (Å²) in [7, 11) is 0. The average Bonchev–Trinajstić information content (AvgIpc) is 3.15. The highest BCUT2D eigenvalue weighted by molar-refractivity contribution is 5.86. The lowest BCUT2D eigenvalue weighted by atomic mass is 9.92. The molecular weight excluding hydrogens is 284 g/mol. The van der Waals surface area contributed by atoms with Crippen molar-refractivity contribution in [3.8, 4) is 0 Å². The van der Waals surface area contributed by atoms with E-state index < -0.39 is 0 Å². The van der Waals surface area contributed by atoms with E-state index in [0.717, 1.165) is 6.54 Å². The van der Waals surface area contributed by atoms with Gasteiger partial charge in [-0.05, 0) is 17.7 Å². The van der Waals surface area contributed by atoms with Crippen LogP contribution in [-0.4, -0.2) is 22.7 Å². The van der Waals surface area contributed by atoms with Gasteiger partial charge in [-0.2, -0.15) is 0 Å². The third-order valence-corrected chi connectivity index (χ3v) is 5.03. The summed E-state index contributed by atoms with van der Waals surface area (Å²) in [5.41, 5.74) is 5.05. The van der Waals surface area contributed by atoms with Crippen molar-refractivity contribution in [2.45, 2.75) is 18.4 Å². The molecule has 5 rings (SSSR count). The van der Waals surface area contributed by atoms with Gasteiger partial charge < -0.3 is 9.72 Å². The Morgan fingerprint density at radius 1 is 1.09 bits per heavy atom. The van der Waals surface area contributed by atoms with E-state index >= 15 is 0 Å². The number of fused-ring (bicyclic) bond motifs is 6. The first-order chi connectivity index (χ1) is 11.4. The van der Waals surface area contributed by atoms with Gasteiger partial charge in [0.1, 0.15) is 12.3 Å². The van der Waals surface area contributed by atoms with Gasteiger partial charge in [0.2, 0.25) is 0 Å². The lowest BCUT2D eigenvalue weighted by Gasteiger charge is -2.33. The largest absolute Gasteiger partial charge is 0.356 e. The van der Waals surface area contributed by atoms with E-state index in [0.29, 0.717) is 0 Å². The third kappa shape index (κ3) is 1.78. The molecule has 0 spiro atoms. The number of para-hydroxylation sites is 1. The van der Waals surface area contributed by atoms with Crippen molar-refractivity contribution in [2.24, 2.45) is 0 Å². The molecule has 2 bridgehead atoms. The minimum absolute atomic E-state index is 0.0373. The average molecular weight is 302 g/mol. The molecule has 0 radical (unpaired) electrons. The molecule has 1 aromatic heterocycles. The molecule has 23 heavy (non-hydrogen) atoms. The summed E-state index contributed by atoms with van der Waals surface area (Å²) in [6, 6.07) is 19.3. The van der Waals surface area contributed by atoms with Crippen LogP contribution in [0.1, 0.15) is 29.0 Å². The van der Waals surface area contributed by atoms with Gasteiger partial charge in [-0.15, -0.1) is 0 Å². The molecule has 2 aliphatic heterocycles. The predicted octanol–water partition coefficient (Wildman–Crippen LogP) is 4.16. The normalized spacial score (nSPS) is 28.7. The standard InChI is InChI=1S/C20H18N2O/c1-2-17-22-12-16(23-17)18-14-10-6-7-11-15(14)21-19(18)20(22)13-8-4-3-5-9-13/h2-11,16-17,20-21H,1,12H2. The SMILES string of the molecule is C=CC1OC2CN1C(c1ccccc1)c1[nH]c3ccccc3c12. The van der Waals surface area contributed by atoms with E-state index in [1.807, 2.05) is 6.08 Å². The fourth-order valence-electron chi connectivity index (χ4n) is 4.09. The molecule has 2 aromatic carbocycles.